The van der Waals surface area contributed by atoms with E-state index in [2.05, 4.69) is 17.9 Å². The molecule has 2 aliphatic rings. The van der Waals surface area contributed by atoms with E-state index in [1.807, 2.05) is 30.3 Å². The summed E-state index contributed by atoms with van der Waals surface area (Å²) in [6.45, 7) is 5.94. The third-order valence-electron chi connectivity index (χ3n) is 6.04. The number of benzene rings is 2. The molecule has 2 aromatic carbocycles. The molecule has 0 spiro atoms. The van der Waals surface area contributed by atoms with Crippen LogP contribution in [-0.4, -0.2) is 57.8 Å². The van der Waals surface area contributed by atoms with E-state index in [9.17, 15) is 9.59 Å². The number of anilines is 2. The largest absolute Gasteiger partial charge is 0.495 e. The second-order valence-electron chi connectivity index (χ2n) is 7.98. The summed E-state index contributed by atoms with van der Waals surface area (Å²) >= 11 is 0. The summed E-state index contributed by atoms with van der Waals surface area (Å²) in [6, 6.07) is 14.9. The van der Waals surface area contributed by atoms with Crippen LogP contribution in [0.25, 0.3) is 0 Å². The van der Waals surface area contributed by atoms with Gasteiger partial charge in [-0.2, -0.15) is 0 Å². The van der Waals surface area contributed by atoms with Gasteiger partial charge in [-0.3, -0.25) is 9.59 Å². The summed E-state index contributed by atoms with van der Waals surface area (Å²) in [7, 11) is 1.68. The van der Waals surface area contributed by atoms with Gasteiger partial charge < -0.3 is 19.3 Å². The lowest BCUT2D eigenvalue weighted by atomic mass is 10.1. The average molecular weight is 425 g/mol. The molecule has 2 amide bonds. The van der Waals surface area contributed by atoms with Crippen LogP contribution < -0.4 is 24.2 Å². The highest BCUT2D eigenvalue weighted by molar-refractivity contribution is 6.21. The number of rotatable bonds is 7. The normalized spacial score (nSPS) is 19.7. The van der Waals surface area contributed by atoms with E-state index in [0.29, 0.717) is 12.3 Å². The molecule has 4 rings (SSSR count). The van der Waals surface area contributed by atoms with Crippen LogP contribution in [0.5, 0.6) is 11.5 Å². The number of hydrogen-bond acceptors (Lipinski definition) is 5. The van der Waals surface area contributed by atoms with E-state index in [0.717, 1.165) is 49.8 Å². The van der Waals surface area contributed by atoms with Crippen molar-refractivity contribution < 1.29 is 24.0 Å². The Morgan fingerprint density at radius 1 is 1.03 bits per heavy atom. The molecule has 2 heterocycles. The van der Waals surface area contributed by atoms with Gasteiger partial charge in [0, 0.05) is 0 Å². The lowest BCUT2D eigenvalue weighted by Crippen LogP contribution is -3.19. The van der Waals surface area contributed by atoms with Crippen molar-refractivity contribution in [3.05, 3.63) is 48.5 Å². The first-order valence-corrected chi connectivity index (χ1v) is 10.9. The fourth-order valence-electron chi connectivity index (χ4n) is 4.41. The van der Waals surface area contributed by atoms with Crippen LogP contribution in [0.4, 0.5) is 11.4 Å². The van der Waals surface area contributed by atoms with Gasteiger partial charge in [0.05, 0.1) is 57.7 Å². The number of piperazine rings is 1. The van der Waals surface area contributed by atoms with Crippen molar-refractivity contribution in [3.63, 3.8) is 0 Å². The minimum atomic E-state index is -0.316. The van der Waals surface area contributed by atoms with Crippen LogP contribution in [-0.2, 0) is 9.59 Å². The second kappa shape index (κ2) is 9.39. The first-order valence-electron chi connectivity index (χ1n) is 10.9. The molecule has 1 N–H and O–H groups in total. The average Bonchev–Trinajstić information content (AvgIpc) is 3.12. The summed E-state index contributed by atoms with van der Waals surface area (Å²) in [5.41, 5.74) is 1.69. The highest BCUT2D eigenvalue weighted by atomic mass is 16.5. The van der Waals surface area contributed by atoms with Gasteiger partial charge in [0.2, 0.25) is 5.91 Å². The van der Waals surface area contributed by atoms with Crippen LogP contribution in [0.1, 0.15) is 19.8 Å². The van der Waals surface area contributed by atoms with E-state index in [1.54, 1.807) is 19.2 Å². The number of imide groups is 1. The van der Waals surface area contributed by atoms with E-state index in [4.69, 9.17) is 9.47 Å². The summed E-state index contributed by atoms with van der Waals surface area (Å²) in [5.74, 6) is 1.37. The standard InChI is InChI=1S/C24H29N3O4/c1-3-16-31-19-10-8-18(9-11-19)27-23(28)17-21(24(27)29)26-14-12-25(13-15-26)20-6-4-5-7-22(20)30-2/h4-11,21H,3,12-17H2,1-2H3/p+1/t21-/m0/s1. The molecule has 0 radical (unpaired) electrons. The molecular weight excluding hydrogens is 394 g/mol. The van der Waals surface area contributed by atoms with Crippen molar-refractivity contribution in [1.29, 1.82) is 0 Å². The molecule has 31 heavy (non-hydrogen) atoms. The van der Waals surface area contributed by atoms with Crippen LogP contribution in [0.15, 0.2) is 48.5 Å². The predicted octanol–water partition coefficient (Wildman–Crippen LogP) is 1.52. The van der Waals surface area contributed by atoms with E-state index in [1.165, 1.54) is 9.80 Å². The van der Waals surface area contributed by atoms with E-state index < -0.39 is 0 Å². The minimum Gasteiger partial charge on any atom is -0.495 e. The number of methoxy groups -OCH3 is 1. The molecule has 0 unspecified atom stereocenters. The second-order valence-corrected chi connectivity index (χ2v) is 7.98. The molecule has 0 aromatic heterocycles. The van der Waals surface area contributed by atoms with Crippen molar-refractivity contribution in [3.8, 4) is 11.5 Å². The highest BCUT2D eigenvalue weighted by Crippen LogP contribution is 2.28. The van der Waals surface area contributed by atoms with Gasteiger partial charge >= 0.3 is 0 Å². The third-order valence-corrected chi connectivity index (χ3v) is 6.04. The zero-order valence-corrected chi connectivity index (χ0v) is 18.2. The number of carbonyl (C=O) groups is 2. The summed E-state index contributed by atoms with van der Waals surface area (Å²) in [4.78, 5) is 30.6. The van der Waals surface area contributed by atoms with E-state index >= 15 is 0 Å². The van der Waals surface area contributed by atoms with Crippen molar-refractivity contribution in [2.75, 3.05) is 49.7 Å². The fraction of sp³-hybridized carbons (Fsp3) is 0.417. The van der Waals surface area contributed by atoms with Gasteiger partial charge in [0.15, 0.2) is 6.04 Å². The summed E-state index contributed by atoms with van der Waals surface area (Å²) in [6.07, 6.45) is 1.19. The lowest BCUT2D eigenvalue weighted by Gasteiger charge is -2.36. The quantitative estimate of drug-likeness (QED) is 0.683. The molecule has 7 nitrogen and oxygen atoms in total. The number of nitrogens with zero attached hydrogens (tertiary/aromatic N) is 2. The molecule has 7 heteroatoms. The molecule has 1 atom stereocenters. The maximum Gasteiger partial charge on any atom is 0.292 e. The number of quaternary nitrogens is 1. The Morgan fingerprint density at radius 2 is 1.74 bits per heavy atom. The Labute approximate surface area is 183 Å². The summed E-state index contributed by atoms with van der Waals surface area (Å²) in [5, 5.41) is 0. The Bertz CT molecular complexity index is 923. The predicted molar refractivity (Wildman–Crippen MR) is 119 cm³/mol. The van der Waals surface area contributed by atoms with Gasteiger partial charge in [0.1, 0.15) is 11.5 Å². The smallest absolute Gasteiger partial charge is 0.292 e. The molecule has 164 valence electrons. The molecule has 0 bridgehead atoms. The van der Waals surface area contributed by atoms with Crippen LogP contribution in [0, 0.1) is 0 Å². The van der Waals surface area contributed by atoms with Crippen molar-refractivity contribution in [2.24, 2.45) is 0 Å². The topological polar surface area (TPSA) is 63.5 Å². The molecule has 2 saturated heterocycles. The third kappa shape index (κ3) is 4.37. The molecule has 2 fully saturated rings. The molecular formula is C24H30N3O4+. The molecule has 2 aliphatic heterocycles. The Morgan fingerprint density at radius 3 is 2.42 bits per heavy atom. The van der Waals surface area contributed by atoms with Gasteiger partial charge in [-0.15, -0.1) is 0 Å². The molecule has 2 aromatic rings. The number of para-hydroxylation sites is 2. The SMILES string of the molecule is CCCOc1ccc(N2C(=O)C[C@H]([NH+]3CCN(c4ccccc4OC)CC3)C2=O)cc1. The zero-order valence-electron chi connectivity index (χ0n) is 18.2. The first kappa shape index (κ1) is 21.2. The lowest BCUT2D eigenvalue weighted by molar-refractivity contribution is -0.915. The Kier molecular flexibility index (Phi) is 6.42. The molecule has 0 aliphatic carbocycles. The number of nitrogens with one attached hydrogen (secondary N) is 1. The van der Waals surface area contributed by atoms with Crippen molar-refractivity contribution in [2.45, 2.75) is 25.8 Å². The fourth-order valence-corrected chi connectivity index (χ4v) is 4.41. The maximum atomic E-state index is 13.1. The summed E-state index contributed by atoms with van der Waals surface area (Å²) < 4.78 is 11.1. The molecule has 0 saturated carbocycles. The van der Waals surface area contributed by atoms with Gasteiger partial charge in [-0.25, -0.2) is 4.90 Å². The number of carbonyl (C=O) groups excluding carboxylic acids is 2. The van der Waals surface area contributed by atoms with Crippen molar-refractivity contribution >= 4 is 23.2 Å². The Balaban J connectivity index is 1.40. The number of amides is 2. The number of hydrogen-bond donors (Lipinski definition) is 1. The zero-order chi connectivity index (χ0) is 21.8. The number of ether oxygens (including phenoxy) is 2. The first-order chi connectivity index (χ1) is 15.1. The van der Waals surface area contributed by atoms with Crippen LogP contribution in [0.3, 0.4) is 0 Å². The van der Waals surface area contributed by atoms with E-state index in [-0.39, 0.29) is 24.3 Å². The maximum absolute atomic E-state index is 13.1. The van der Waals surface area contributed by atoms with Gasteiger partial charge in [-0.1, -0.05) is 19.1 Å². The van der Waals surface area contributed by atoms with Gasteiger partial charge in [0.25, 0.3) is 5.91 Å². The minimum absolute atomic E-state index is 0.104. The van der Waals surface area contributed by atoms with Crippen LogP contribution >= 0.6 is 0 Å². The Hall–Kier alpha value is -3.06. The van der Waals surface area contributed by atoms with Crippen LogP contribution in [0.2, 0.25) is 0 Å². The monoisotopic (exact) mass is 424 g/mol. The van der Waals surface area contributed by atoms with Crippen molar-refractivity contribution in [1.82, 2.24) is 0 Å². The highest BCUT2D eigenvalue weighted by Gasteiger charge is 2.46. The van der Waals surface area contributed by atoms with Gasteiger partial charge in [-0.05, 0) is 42.8 Å².